The van der Waals surface area contributed by atoms with Crippen LogP contribution in [-0.4, -0.2) is 30.8 Å². The van der Waals surface area contributed by atoms with Gasteiger partial charge in [0.2, 0.25) is 0 Å². The molecule has 0 aliphatic carbocycles. The quantitative estimate of drug-likeness (QED) is 0.776. The number of pyridine rings is 1. The maximum absolute atomic E-state index is 5.60. The molecule has 1 aromatic rings. The first kappa shape index (κ1) is 9.62. The van der Waals surface area contributed by atoms with Gasteiger partial charge < -0.3 is 10.1 Å². The van der Waals surface area contributed by atoms with Gasteiger partial charge in [-0.2, -0.15) is 0 Å². The zero-order valence-corrected chi connectivity index (χ0v) is 8.49. The Labute approximate surface area is 84.5 Å². The Kier molecular flexibility index (Phi) is 2.79. The van der Waals surface area contributed by atoms with Crippen molar-refractivity contribution in [2.75, 3.05) is 20.2 Å². The molecule has 0 bridgehead atoms. The molecular weight excluding hydrogens is 176 g/mol. The summed E-state index contributed by atoms with van der Waals surface area (Å²) >= 11 is 0. The van der Waals surface area contributed by atoms with Crippen LogP contribution in [0.25, 0.3) is 0 Å². The molecule has 1 unspecified atom stereocenters. The second kappa shape index (κ2) is 4.07. The Balaban J connectivity index is 2.08. The molecule has 3 nitrogen and oxygen atoms in total. The molecule has 0 aromatic carbocycles. The fraction of sp³-hybridized carbons (Fsp3) is 0.545. The van der Waals surface area contributed by atoms with Gasteiger partial charge in [-0.25, -0.2) is 0 Å². The Hall–Kier alpha value is -0.930. The van der Waals surface area contributed by atoms with Crippen LogP contribution in [0.2, 0.25) is 0 Å². The number of ether oxygens (including phenoxy) is 1. The topological polar surface area (TPSA) is 34.1 Å². The first-order chi connectivity index (χ1) is 6.85. The molecule has 0 amide bonds. The van der Waals surface area contributed by atoms with Gasteiger partial charge in [-0.1, -0.05) is 6.07 Å². The summed E-state index contributed by atoms with van der Waals surface area (Å²) in [5.41, 5.74) is 1.08. The Morgan fingerprint density at radius 2 is 2.50 bits per heavy atom. The Bertz CT molecular complexity index is 281. The summed E-state index contributed by atoms with van der Waals surface area (Å²) in [6, 6.07) is 6.02. The van der Waals surface area contributed by atoms with E-state index in [0.29, 0.717) is 0 Å². The number of hydrogen-bond acceptors (Lipinski definition) is 3. The van der Waals surface area contributed by atoms with Crippen LogP contribution in [0.3, 0.4) is 0 Å². The zero-order valence-electron chi connectivity index (χ0n) is 8.49. The maximum atomic E-state index is 5.60. The average molecular weight is 192 g/mol. The summed E-state index contributed by atoms with van der Waals surface area (Å²) in [7, 11) is 1.79. The molecule has 3 heteroatoms. The van der Waals surface area contributed by atoms with Crippen molar-refractivity contribution in [2.45, 2.75) is 18.4 Å². The van der Waals surface area contributed by atoms with Crippen LogP contribution in [-0.2, 0) is 11.2 Å². The second-order valence-corrected chi connectivity index (χ2v) is 3.81. The van der Waals surface area contributed by atoms with Crippen molar-refractivity contribution >= 4 is 0 Å². The lowest BCUT2D eigenvalue weighted by Gasteiger charge is -2.26. The fourth-order valence-corrected chi connectivity index (χ4v) is 1.95. The van der Waals surface area contributed by atoms with E-state index >= 15 is 0 Å². The minimum absolute atomic E-state index is 0.0334. The smallest absolute Gasteiger partial charge is 0.0869 e. The maximum Gasteiger partial charge on any atom is 0.0869 e. The lowest BCUT2D eigenvalue weighted by molar-refractivity contribution is 0.00700. The SMILES string of the molecule is COC1(Cc2ccccn2)CCNC1. The van der Waals surface area contributed by atoms with E-state index in [0.717, 1.165) is 31.6 Å². The third kappa shape index (κ3) is 1.94. The fourth-order valence-electron chi connectivity index (χ4n) is 1.95. The highest BCUT2D eigenvalue weighted by molar-refractivity contribution is 5.09. The largest absolute Gasteiger partial charge is 0.376 e. The second-order valence-electron chi connectivity index (χ2n) is 3.81. The van der Waals surface area contributed by atoms with Gasteiger partial charge in [0.25, 0.3) is 0 Å². The van der Waals surface area contributed by atoms with Crippen molar-refractivity contribution in [3.63, 3.8) is 0 Å². The van der Waals surface area contributed by atoms with E-state index in [1.807, 2.05) is 18.3 Å². The van der Waals surface area contributed by atoms with Gasteiger partial charge >= 0.3 is 0 Å². The Morgan fingerprint density at radius 3 is 3.07 bits per heavy atom. The molecule has 0 spiro atoms. The van der Waals surface area contributed by atoms with E-state index in [2.05, 4.69) is 16.4 Å². The molecular formula is C11H16N2O. The first-order valence-electron chi connectivity index (χ1n) is 5.00. The van der Waals surface area contributed by atoms with Crippen LogP contribution in [0.4, 0.5) is 0 Å². The molecule has 76 valence electrons. The molecule has 1 aliphatic rings. The minimum Gasteiger partial charge on any atom is -0.376 e. The molecule has 1 fully saturated rings. The normalized spacial score (nSPS) is 26.6. The summed E-state index contributed by atoms with van der Waals surface area (Å²) < 4.78 is 5.60. The molecule has 2 heterocycles. The number of rotatable bonds is 3. The summed E-state index contributed by atoms with van der Waals surface area (Å²) in [6.45, 7) is 1.97. The highest BCUT2D eigenvalue weighted by atomic mass is 16.5. The standard InChI is InChI=1S/C11H16N2O/c1-14-11(5-7-12-9-11)8-10-4-2-3-6-13-10/h2-4,6,12H,5,7-9H2,1H3. The lowest BCUT2D eigenvalue weighted by atomic mass is 9.96. The first-order valence-corrected chi connectivity index (χ1v) is 5.00. The lowest BCUT2D eigenvalue weighted by Crippen LogP contribution is -2.36. The van der Waals surface area contributed by atoms with E-state index in [4.69, 9.17) is 4.74 Å². The van der Waals surface area contributed by atoms with Crippen LogP contribution >= 0.6 is 0 Å². The summed E-state index contributed by atoms with van der Waals surface area (Å²) in [6.07, 6.45) is 3.80. The molecule has 2 rings (SSSR count). The van der Waals surface area contributed by atoms with E-state index in [9.17, 15) is 0 Å². The highest BCUT2D eigenvalue weighted by Gasteiger charge is 2.34. The third-order valence-electron chi connectivity index (χ3n) is 2.87. The van der Waals surface area contributed by atoms with E-state index in [1.165, 1.54) is 0 Å². The van der Waals surface area contributed by atoms with Crippen molar-refractivity contribution in [1.82, 2.24) is 10.3 Å². The predicted octanol–water partition coefficient (Wildman–Crippen LogP) is 1.00. The molecule has 14 heavy (non-hydrogen) atoms. The van der Waals surface area contributed by atoms with E-state index in [-0.39, 0.29) is 5.60 Å². The molecule has 1 atom stereocenters. The van der Waals surface area contributed by atoms with Crippen molar-refractivity contribution in [3.05, 3.63) is 30.1 Å². The average Bonchev–Trinajstić information content (AvgIpc) is 2.69. The van der Waals surface area contributed by atoms with Gasteiger partial charge in [0.15, 0.2) is 0 Å². The van der Waals surface area contributed by atoms with Gasteiger partial charge in [0.05, 0.1) is 5.60 Å². The third-order valence-corrected chi connectivity index (χ3v) is 2.87. The number of aromatic nitrogens is 1. The minimum atomic E-state index is -0.0334. The number of nitrogens with one attached hydrogen (secondary N) is 1. The van der Waals surface area contributed by atoms with Crippen molar-refractivity contribution in [1.29, 1.82) is 0 Å². The van der Waals surface area contributed by atoms with Crippen LogP contribution in [0.1, 0.15) is 12.1 Å². The van der Waals surface area contributed by atoms with Crippen molar-refractivity contribution < 1.29 is 4.74 Å². The summed E-state index contributed by atoms with van der Waals surface area (Å²) in [4.78, 5) is 4.33. The van der Waals surface area contributed by atoms with Crippen LogP contribution in [0, 0.1) is 0 Å². The van der Waals surface area contributed by atoms with Crippen molar-refractivity contribution in [3.8, 4) is 0 Å². The van der Waals surface area contributed by atoms with E-state index < -0.39 is 0 Å². The number of hydrogen-bond donors (Lipinski definition) is 1. The molecule has 1 saturated heterocycles. The zero-order chi connectivity index (χ0) is 9.86. The van der Waals surface area contributed by atoms with Gasteiger partial charge in [-0.05, 0) is 25.1 Å². The monoisotopic (exact) mass is 192 g/mol. The van der Waals surface area contributed by atoms with Crippen LogP contribution < -0.4 is 5.32 Å². The van der Waals surface area contributed by atoms with Gasteiger partial charge in [-0.3, -0.25) is 4.98 Å². The summed E-state index contributed by atoms with van der Waals surface area (Å²) in [5, 5.41) is 3.33. The van der Waals surface area contributed by atoms with Crippen LogP contribution in [0.15, 0.2) is 24.4 Å². The van der Waals surface area contributed by atoms with E-state index in [1.54, 1.807) is 7.11 Å². The number of methoxy groups -OCH3 is 1. The number of nitrogens with zero attached hydrogens (tertiary/aromatic N) is 1. The molecule has 1 aromatic heterocycles. The predicted molar refractivity (Wildman–Crippen MR) is 55.2 cm³/mol. The highest BCUT2D eigenvalue weighted by Crippen LogP contribution is 2.23. The summed E-state index contributed by atoms with van der Waals surface area (Å²) in [5.74, 6) is 0. The van der Waals surface area contributed by atoms with Gasteiger partial charge in [-0.15, -0.1) is 0 Å². The van der Waals surface area contributed by atoms with Crippen molar-refractivity contribution in [2.24, 2.45) is 0 Å². The molecule has 0 saturated carbocycles. The van der Waals surface area contributed by atoms with Crippen LogP contribution in [0.5, 0.6) is 0 Å². The van der Waals surface area contributed by atoms with Gasteiger partial charge in [0, 0.05) is 32.0 Å². The molecule has 1 aliphatic heterocycles. The van der Waals surface area contributed by atoms with Gasteiger partial charge in [0.1, 0.15) is 0 Å². The Morgan fingerprint density at radius 1 is 1.57 bits per heavy atom. The molecule has 1 N–H and O–H groups in total. The molecule has 0 radical (unpaired) electrons.